The molecule has 3 N–H and O–H groups in total. The highest BCUT2D eigenvalue weighted by atomic mass is 16.3. The van der Waals surface area contributed by atoms with Crippen molar-refractivity contribution in [2.24, 2.45) is 0 Å². The molecule has 0 aliphatic heterocycles. The van der Waals surface area contributed by atoms with Gasteiger partial charge in [-0.05, 0) is 43.6 Å². The molecular formula is C15H26N2O. The minimum Gasteiger partial charge on any atom is -0.399 e. The van der Waals surface area contributed by atoms with E-state index in [1.165, 1.54) is 12.8 Å². The van der Waals surface area contributed by atoms with Gasteiger partial charge in [-0.2, -0.15) is 0 Å². The van der Waals surface area contributed by atoms with E-state index >= 15 is 0 Å². The molecule has 1 rings (SSSR count). The molecule has 3 heteroatoms. The Morgan fingerprint density at radius 2 is 2.06 bits per heavy atom. The van der Waals surface area contributed by atoms with Gasteiger partial charge in [0.1, 0.15) is 0 Å². The van der Waals surface area contributed by atoms with Gasteiger partial charge in [0.15, 0.2) is 0 Å². The Hall–Kier alpha value is -1.06. The SMILES string of the molecule is CCCCN(CC)CC(O)c1ccc(C)c(N)c1. The molecular weight excluding hydrogens is 224 g/mol. The summed E-state index contributed by atoms with van der Waals surface area (Å²) in [4.78, 5) is 2.28. The molecule has 0 radical (unpaired) electrons. The summed E-state index contributed by atoms with van der Waals surface area (Å²) >= 11 is 0. The number of nitrogen functional groups attached to an aromatic ring is 1. The molecule has 18 heavy (non-hydrogen) atoms. The smallest absolute Gasteiger partial charge is 0.0917 e. The minimum absolute atomic E-state index is 0.454. The van der Waals surface area contributed by atoms with E-state index < -0.39 is 6.10 Å². The maximum Gasteiger partial charge on any atom is 0.0917 e. The zero-order valence-corrected chi connectivity index (χ0v) is 11.8. The average Bonchev–Trinajstić information content (AvgIpc) is 2.37. The van der Waals surface area contributed by atoms with E-state index in [0.29, 0.717) is 6.54 Å². The largest absolute Gasteiger partial charge is 0.399 e. The molecule has 0 saturated carbocycles. The number of benzene rings is 1. The summed E-state index contributed by atoms with van der Waals surface area (Å²) in [5, 5.41) is 10.2. The van der Waals surface area contributed by atoms with Gasteiger partial charge in [-0.15, -0.1) is 0 Å². The fourth-order valence-electron chi connectivity index (χ4n) is 1.98. The van der Waals surface area contributed by atoms with Crippen molar-refractivity contribution < 1.29 is 5.11 Å². The summed E-state index contributed by atoms with van der Waals surface area (Å²) in [6.07, 6.45) is 1.91. The van der Waals surface area contributed by atoms with E-state index in [2.05, 4.69) is 18.7 Å². The monoisotopic (exact) mass is 250 g/mol. The second-order valence-electron chi connectivity index (χ2n) is 4.88. The number of hydrogen-bond acceptors (Lipinski definition) is 3. The Morgan fingerprint density at radius 1 is 1.33 bits per heavy atom. The van der Waals surface area contributed by atoms with E-state index in [1.54, 1.807) is 0 Å². The minimum atomic E-state index is -0.454. The van der Waals surface area contributed by atoms with Crippen LogP contribution in [0.1, 0.15) is 43.9 Å². The molecule has 0 amide bonds. The molecule has 1 unspecified atom stereocenters. The van der Waals surface area contributed by atoms with Crippen LogP contribution in [0.3, 0.4) is 0 Å². The summed E-state index contributed by atoms with van der Waals surface area (Å²) in [7, 11) is 0. The number of aliphatic hydroxyl groups excluding tert-OH is 1. The number of rotatable bonds is 7. The Kier molecular flexibility index (Phi) is 6.16. The van der Waals surface area contributed by atoms with Crippen LogP contribution in [0.4, 0.5) is 5.69 Å². The van der Waals surface area contributed by atoms with Gasteiger partial charge < -0.3 is 15.7 Å². The number of nitrogens with two attached hydrogens (primary N) is 1. The van der Waals surface area contributed by atoms with E-state index in [1.807, 2.05) is 25.1 Å². The number of anilines is 1. The number of unbranched alkanes of at least 4 members (excludes halogenated alkanes) is 1. The van der Waals surface area contributed by atoms with Crippen molar-refractivity contribution in [1.29, 1.82) is 0 Å². The quantitative estimate of drug-likeness (QED) is 0.732. The highest BCUT2D eigenvalue weighted by molar-refractivity contribution is 5.48. The first-order valence-electron chi connectivity index (χ1n) is 6.84. The van der Waals surface area contributed by atoms with Crippen LogP contribution in [-0.2, 0) is 0 Å². The van der Waals surface area contributed by atoms with E-state index in [9.17, 15) is 5.11 Å². The lowest BCUT2D eigenvalue weighted by Crippen LogP contribution is -2.29. The fraction of sp³-hybridized carbons (Fsp3) is 0.600. The Morgan fingerprint density at radius 3 is 2.61 bits per heavy atom. The third-order valence-corrected chi connectivity index (χ3v) is 3.39. The fourth-order valence-corrected chi connectivity index (χ4v) is 1.98. The second-order valence-corrected chi connectivity index (χ2v) is 4.88. The molecule has 0 aliphatic carbocycles. The van der Waals surface area contributed by atoms with Crippen molar-refractivity contribution in [3.05, 3.63) is 29.3 Å². The molecule has 0 aromatic heterocycles. The zero-order valence-electron chi connectivity index (χ0n) is 11.8. The first kappa shape index (κ1) is 15.0. The normalized spacial score (nSPS) is 12.9. The molecule has 0 spiro atoms. The van der Waals surface area contributed by atoms with Gasteiger partial charge >= 0.3 is 0 Å². The van der Waals surface area contributed by atoms with Crippen molar-refractivity contribution in [2.75, 3.05) is 25.4 Å². The van der Waals surface area contributed by atoms with E-state index in [4.69, 9.17) is 5.73 Å². The average molecular weight is 250 g/mol. The Bertz CT molecular complexity index is 366. The molecule has 1 aromatic carbocycles. The first-order chi connectivity index (χ1) is 8.58. The number of likely N-dealkylation sites (N-methyl/N-ethyl adjacent to an activating group) is 1. The predicted molar refractivity (Wildman–Crippen MR) is 77.6 cm³/mol. The van der Waals surface area contributed by atoms with Crippen molar-refractivity contribution in [3.63, 3.8) is 0 Å². The first-order valence-corrected chi connectivity index (χ1v) is 6.84. The number of aryl methyl sites for hydroxylation is 1. The summed E-state index contributed by atoms with van der Waals surface area (Å²) in [5.74, 6) is 0. The van der Waals surface area contributed by atoms with Gasteiger partial charge in [0.05, 0.1) is 6.10 Å². The topological polar surface area (TPSA) is 49.5 Å². The summed E-state index contributed by atoms with van der Waals surface area (Å²) in [5.41, 5.74) is 8.60. The Balaban J connectivity index is 2.62. The summed E-state index contributed by atoms with van der Waals surface area (Å²) < 4.78 is 0. The molecule has 102 valence electrons. The number of aliphatic hydroxyl groups is 1. The van der Waals surface area contributed by atoms with Crippen LogP contribution in [0.5, 0.6) is 0 Å². The summed E-state index contributed by atoms with van der Waals surface area (Å²) in [6.45, 7) is 8.99. The van der Waals surface area contributed by atoms with Gasteiger partial charge in [-0.3, -0.25) is 0 Å². The van der Waals surface area contributed by atoms with Crippen LogP contribution < -0.4 is 5.73 Å². The summed E-state index contributed by atoms with van der Waals surface area (Å²) in [6, 6.07) is 5.81. The molecule has 0 bridgehead atoms. The third kappa shape index (κ3) is 4.31. The van der Waals surface area contributed by atoms with E-state index in [0.717, 1.165) is 29.9 Å². The van der Waals surface area contributed by atoms with Gasteiger partial charge in [0.2, 0.25) is 0 Å². The lowest BCUT2D eigenvalue weighted by Gasteiger charge is -2.23. The molecule has 1 atom stereocenters. The van der Waals surface area contributed by atoms with Gasteiger partial charge in [-0.25, -0.2) is 0 Å². The van der Waals surface area contributed by atoms with Crippen molar-refractivity contribution in [1.82, 2.24) is 4.90 Å². The second kappa shape index (κ2) is 7.39. The van der Waals surface area contributed by atoms with Crippen molar-refractivity contribution in [2.45, 2.75) is 39.7 Å². The highest BCUT2D eigenvalue weighted by Crippen LogP contribution is 2.20. The lowest BCUT2D eigenvalue weighted by atomic mass is 10.1. The highest BCUT2D eigenvalue weighted by Gasteiger charge is 2.12. The third-order valence-electron chi connectivity index (χ3n) is 3.39. The van der Waals surface area contributed by atoms with Gasteiger partial charge in [0, 0.05) is 12.2 Å². The molecule has 0 heterocycles. The zero-order chi connectivity index (χ0) is 13.5. The van der Waals surface area contributed by atoms with Crippen molar-refractivity contribution in [3.8, 4) is 0 Å². The number of hydrogen-bond donors (Lipinski definition) is 2. The van der Waals surface area contributed by atoms with Crippen LogP contribution in [0.15, 0.2) is 18.2 Å². The van der Waals surface area contributed by atoms with Crippen molar-refractivity contribution >= 4 is 5.69 Å². The predicted octanol–water partition coefficient (Wildman–Crippen LogP) is 2.73. The number of nitrogens with zero attached hydrogens (tertiary/aromatic N) is 1. The molecule has 3 nitrogen and oxygen atoms in total. The molecule has 0 aliphatic rings. The van der Waals surface area contributed by atoms with Gasteiger partial charge in [0.25, 0.3) is 0 Å². The molecule has 0 fully saturated rings. The van der Waals surface area contributed by atoms with E-state index in [-0.39, 0.29) is 0 Å². The lowest BCUT2D eigenvalue weighted by molar-refractivity contribution is 0.115. The van der Waals surface area contributed by atoms with Crippen LogP contribution in [0.25, 0.3) is 0 Å². The molecule has 0 saturated heterocycles. The van der Waals surface area contributed by atoms with Crippen LogP contribution in [-0.4, -0.2) is 29.6 Å². The van der Waals surface area contributed by atoms with Crippen LogP contribution in [0.2, 0.25) is 0 Å². The van der Waals surface area contributed by atoms with Crippen LogP contribution >= 0.6 is 0 Å². The standard InChI is InChI=1S/C15H26N2O/c1-4-6-9-17(5-2)11-15(18)13-8-7-12(3)14(16)10-13/h7-8,10,15,18H,4-6,9,11,16H2,1-3H3. The van der Waals surface area contributed by atoms with Crippen LogP contribution in [0, 0.1) is 6.92 Å². The Labute approximate surface area is 111 Å². The van der Waals surface area contributed by atoms with Gasteiger partial charge in [-0.1, -0.05) is 32.4 Å². The maximum atomic E-state index is 10.2. The molecule has 1 aromatic rings. The maximum absolute atomic E-state index is 10.2.